The minimum absolute atomic E-state index is 0.0679. The van der Waals surface area contributed by atoms with Gasteiger partial charge in [0.1, 0.15) is 0 Å². The number of fused-ring (bicyclic) bond motifs is 1. The fourth-order valence-electron chi connectivity index (χ4n) is 3.03. The van der Waals surface area contributed by atoms with Crippen LogP contribution in [0.4, 0.5) is 13.2 Å². The maximum atomic E-state index is 12.5. The van der Waals surface area contributed by atoms with Crippen LogP contribution in [0.25, 0.3) is 0 Å². The lowest BCUT2D eigenvalue weighted by molar-refractivity contribution is -0.0328. The molecule has 1 N–H and O–H groups in total. The highest BCUT2D eigenvalue weighted by Crippen LogP contribution is 2.38. The highest BCUT2D eigenvalue weighted by Gasteiger charge is 2.32. The molecule has 0 saturated carbocycles. The quantitative estimate of drug-likeness (QED) is 0.801. The lowest BCUT2D eigenvalue weighted by Crippen LogP contribution is -2.12. The van der Waals surface area contributed by atoms with E-state index in [-0.39, 0.29) is 34.1 Å². The van der Waals surface area contributed by atoms with Crippen LogP contribution in [0.1, 0.15) is 21.5 Å². The van der Waals surface area contributed by atoms with E-state index in [1.165, 1.54) is 25.3 Å². The number of hydrogen-bond donors (Lipinski definition) is 1. The number of rotatable bonds is 4. The molecule has 0 saturated heterocycles. The number of Topliss-reactive ketones (excluding diaryl/α,β-unsaturated/α-hetero) is 1. The average molecular weight is 368 g/mol. The summed E-state index contributed by atoms with van der Waals surface area (Å²) in [5.41, 5.74) is -2.22. The molecule has 25 heavy (non-hydrogen) atoms. The fourth-order valence-corrected chi connectivity index (χ4v) is 3.57. The topological polar surface area (TPSA) is 46.5 Å². The van der Waals surface area contributed by atoms with Crippen molar-refractivity contribution in [2.24, 2.45) is 5.92 Å². The van der Waals surface area contributed by atoms with E-state index in [9.17, 15) is 23.1 Å². The first-order valence-corrected chi connectivity index (χ1v) is 8.37. The zero-order valence-corrected chi connectivity index (χ0v) is 14.1. The minimum atomic E-state index is -4.31. The van der Waals surface area contributed by atoms with Crippen molar-refractivity contribution in [3.05, 3.63) is 53.1 Å². The molecule has 3 rings (SSSR count). The highest BCUT2D eigenvalue weighted by molar-refractivity contribution is 8.00. The van der Waals surface area contributed by atoms with Crippen molar-refractivity contribution < 1.29 is 27.8 Å². The molecule has 0 heterocycles. The van der Waals surface area contributed by atoms with Crippen molar-refractivity contribution >= 4 is 17.5 Å². The summed E-state index contributed by atoms with van der Waals surface area (Å²) in [6.07, 6.45) is 0.956. The molecule has 0 aliphatic heterocycles. The lowest BCUT2D eigenvalue weighted by atomic mass is 9.96. The molecule has 3 nitrogen and oxygen atoms in total. The number of carbonyl (C=O) groups excluding carboxylic acids is 1. The van der Waals surface area contributed by atoms with Gasteiger partial charge < -0.3 is 9.84 Å². The van der Waals surface area contributed by atoms with Gasteiger partial charge in [0.25, 0.3) is 0 Å². The van der Waals surface area contributed by atoms with E-state index in [1.807, 2.05) is 0 Å². The number of thioether (sulfide) groups is 1. The molecule has 0 radical (unpaired) electrons. The summed E-state index contributed by atoms with van der Waals surface area (Å²) in [5.74, 6) is -0.117. The number of benzene rings is 2. The Morgan fingerprint density at radius 2 is 1.92 bits per heavy atom. The number of phenolic OH excluding ortho intramolecular Hbond substituents is 1. The number of ether oxygens (including phenoxy) is 1. The third-order valence-electron chi connectivity index (χ3n) is 4.15. The number of phenols is 1. The normalized spacial score (nSPS) is 16.8. The van der Waals surface area contributed by atoms with Crippen LogP contribution in [0.2, 0.25) is 0 Å². The van der Waals surface area contributed by atoms with E-state index >= 15 is 0 Å². The predicted molar refractivity (Wildman–Crippen MR) is 88.2 cm³/mol. The van der Waals surface area contributed by atoms with Crippen LogP contribution < -0.4 is 4.74 Å². The monoisotopic (exact) mass is 368 g/mol. The van der Waals surface area contributed by atoms with Crippen molar-refractivity contribution in [3.63, 3.8) is 0 Å². The number of ketones is 1. The zero-order chi connectivity index (χ0) is 18.2. The summed E-state index contributed by atoms with van der Waals surface area (Å²) in [4.78, 5) is 12.6. The molecule has 2 aromatic carbocycles. The second kappa shape index (κ2) is 6.63. The van der Waals surface area contributed by atoms with E-state index < -0.39 is 5.51 Å². The molecule has 132 valence electrons. The van der Waals surface area contributed by atoms with Crippen molar-refractivity contribution in [1.29, 1.82) is 0 Å². The van der Waals surface area contributed by atoms with E-state index in [0.29, 0.717) is 24.2 Å². The molecule has 1 unspecified atom stereocenters. The lowest BCUT2D eigenvalue weighted by Gasteiger charge is -2.09. The first-order valence-electron chi connectivity index (χ1n) is 7.55. The van der Waals surface area contributed by atoms with Crippen molar-refractivity contribution in [1.82, 2.24) is 0 Å². The molecule has 1 aliphatic carbocycles. The SMILES string of the molecule is COc1cc2c(cc1O)C(=O)C(Cc1ccc(SC(F)(F)F)cc1)C2. The molecule has 0 aromatic heterocycles. The number of methoxy groups -OCH3 is 1. The Kier molecular flexibility index (Phi) is 4.69. The van der Waals surface area contributed by atoms with Gasteiger partial charge in [-0.25, -0.2) is 0 Å². The summed E-state index contributed by atoms with van der Waals surface area (Å²) in [5, 5.41) is 9.82. The number of alkyl halides is 3. The van der Waals surface area contributed by atoms with Crippen molar-refractivity contribution in [2.45, 2.75) is 23.2 Å². The Balaban J connectivity index is 1.73. The molecule has 7 heteroatoms. The van der Waals surface area contributed by atoms with E-state index in [2.05, 4.69) is 0 Å². The molecule has 0 bridgehead atoms. The van der Waals surface area contributed by atoms with E-state index in [0.717, 1.165) is 11.1 Å². The van der Waals surface area contributed by atoms with Gasteiger partial charge in [0.2, 0.25) is 0 Å². The second-order valence-electron chi connectivity index (χ2n) is 5.84. The van der Waals surface area contributed by atoms with Crippen molar-refractivity contribution in [3.8, 4) is 11.5 Å². The van der Waals surface area contributed by atoms with Gasteiger partial charge in [0, 0.05) is 16.4 Å². The van der Waals surface area contributed by atoms with E-state index in [1.54, 1.807) is 18.2 Å². The second-order valence-corrected chi connectivity index (χ2v) is 6.98. The number of aromatic hydroxyl groups is 1. The Morgan fingerprint density at radius 3 is 2.52 bits per heavy atom. The van der Waals surface area contributed by atoms with Crippen LogP contribution in [0.5, 0.6) is 11.5 Å². The zero-order valence-electron chi connectivity index (χ0n) is 13.3. The Hall–Kier alpha value is -2.15. The third kappa shape index (κ3) is 3.92. The van der Waals surface area contributed by atoms with Gasteiger partial charge in [-0.2, -0.15) is 13.2 Å². The van der Waals surface area contributed by atoms with Gasteiger partial charge in [0.05, 0.1) is 7.11 Å². The van der Waals surface area contributed by atoms with Gasteiger partial charge in [-0.3, -0.25) is 4.79 Å². The first kappa shape index (κ1) is 17.7. The molecular formula is C18H15F3O3S. The van der Waals surface area contributed by atoms with E-state index in [4.69, 9.17) is 4.74 Å². The molecule has 0 spiro atoms. The molecule has 2 aromatic rings. The van der Waals surface area contributed by atoms with Crippen molar-refractivity contribution in [2.75, 3.05) is 7.11 Å². The average Bonchev–Trinajstić information content (AvgIpc) is 2.83. The molecule has 1 aliphatic rings. The summed E-state index contributed by atoms with van der Waals surface area (Å²) in [7, 11) is 1.44. The van der Waals surface area contributed by atoms with Crippen LogP contribution in [0, 0.1) is 5.92 Å². The summed E-state index contributed by atoms with van der Waals surface area (Å²) in [6, 6.07) is 9.12. The fraction of sp³-hybridized carbons (Fsp3) is 0.278. The maximum Gasteiger partial charge on any atom is 0.446 e. The smallest absolute Gasteiger partial charge is 0.446 e. The molecular weight excluding hydrogens is 353 g/mol. The standard InChI is InChI=1S/C18H15F3O3S/c1-24-16-8-11-7-12(17(23)14(11)9-15(16)22)6-10-2-4-13(5-3-10)25-18(19,20)21/h2-5,8-9,12,22H,6-7H2,1H3. The van der Waals surface area contributed by atoms with Crippen LogP contribution in [-0.2, 0) is 12.8 Å². The van der Waals surface area contributed by atoms with Crippen LogP contribution >= 0.6 is 11.8 Å². The summed E-state index contributed by atoms with van der Waals surface area (Å²) in [6.45, 7) is 0. The molecule has 1 atom stereocenters. The van der Waals surface area contributed by atoms with Gasteiger partial charge >= 0.3 is 5.51 Å². The summed E-state index contributed by atoms with van der Waals surface area (Å²) >= 11 is -0.160. The molecule has 0 fully saturated rings. The summed E-state index contributed by atoms with van der Waals surface area (Å²) < 4.78 is 42.1. The largest absolute Gasteiger partial charge is 0.504 e. The molecule has 0 amide bonds. The highest BCUT2D eigenvalue weighted by atomic mass is 32.2. The van der Waals surface area contributed by atoms with Crippen LogP contribution in [0.3, 0.4) is 0 Å². The third-order valence-corrected chi connectivity index (χ3v) is 4.89. The maximum absolute atomic E-state index is 12.5. The number of halogens is 3. The Bertz CT molecular complexity index is 800. The predicted octanol–water partition coefficient (Wildman–Crippen LogP) is 4.61. The van der Waals surface area contributed by atoms with Gasteiger partial charge in [-0.15, -0.1) is 0 Å². The number of carbonyl (C=O) groups is 1. The van der Waals surface area contributed by atoms with Gasteiger partial charge in [-0.05, 0) is 60.0 Å². The Morgan fingerprint density at radius 1 is 1.24 bits per heavy atom. The number of hydrogen-bond acceptors (Lipinski definition) is 4. The van der Waals surface area contributed by atoms with Crippen LogP contribution in [-0.4, -0.2) is 23.5 Å². The Labute approximate surface area is 146 Å². The van der Waals surface area contributed by atoms with Crippen LogP contribution in [0.15, 0.2) is 41.3 Å². The first-order chi connectivity index (χ1) is 11.8. The van der Waals surface area contributed by atoms with Gasteiger partial charge in [0.15, 0.2) is 17.3 Å². The minimum Gasteiger partial charge on any atom is -0.504 e. The van der Waals surface area contributed by atoms with Gasteiger partial charge in [-0.1, -0.05) is 12.1 Å².